The third kappa shape index (κ3) is 3.46. The molecule has 3 aromatic rings. The van der Waals surface area contributed by atoms with E-state index >= 15 is 0 Å². The Labute approximate surface area is 160 Å². The van der Waals surface area contributed by atoms with Crippen LogP contribution in [0.15, 0.2) is 42.6 Å². The highest BCUT2D eigenvalue weighted by molar-refractivity contribution is 5.84. The zero-order chi connectivity index (χ0) is 19.8. The number of ketones is 1. The Kier molecular flexibility index (Phi) is 4.79. The second-order valence-corrected chi connectivity index (χ2v) is 7.27. The van der Waals surface area contributed by atoms with Gasteiger partial charge in [0.2, 0.25) is 0 Å². The van der Waals surface area contributed by atoms with Crippen molar-refractivity contribution in [2.45, 2.75) is 32.7 Å². The lowest BCUT2D eigenvalue weighted by Crippen LogP contribution is -2.27. The Morgan fingerprint density at radius 1 is 1.11 bits per heavy atom. The zero-order valence-electron chi connectivity index (χ0n) is 15.4. The third-order valence-electron chi connectivity index (χ3n) is 5.36. The molecule has 2 aromatic carbocycles. The highest BCUT2D eigenvalue weighted by Crippen LogP contribution is 2.32. The lowest BCUT2D eigenvalue weighted by atomic mass is 9.87. The van der Waals surface area contributed by atoms with Crippen molar-refractivity contribution in [2.24, 2.45) is 5.92 Å². The van der Waals surface area contributed by atoms with Crippen LogP contribution in [0.3, 0.4) is 0 Å². The minimum Gasteiger partial charge on any atom is -0.299 e. The molecule has 1 aliphatic heterocycles. The molecule has 2 heterocycles. The summed E-state index contributed by atoms with van der Waals surface area (Å²) < 4.78 is 42.7. The van der Waals surface area contributed by atoms with Crippen molar-refractivity contribution in [1.29, 1.82) is 0 Å². The summed E-state index contributed by atoms with van der Waals surface area (Å²) >= 11 is 0. The summed E-state index contributed by atoms with van der Waals surface area (Å²) in [6.07, 6.45) is 2.91. The molecule has 0 spiro atoms. The van der Waals surface area contributed by atoms with Gasteiger partial charge in [0.15, 0.2) is 0 Å². The first-order valence-corrected chi connectivity index (χ1v) is 9.20. The molecule has 1 aliphatic rings. The number of rotatable bonds is 4. The van der Waals surface area contributed by atoms with Crippen molar-refractivity contribution >= 4 is 5.78 Å². The number of hydrogen-bond donors (Lipinski definition) is 0. The minimum absolute atomic E-state index is 0.0731. The van der Waals surface area contributed by atoms with Gasteiger partial charge in [-0.1, -0.05) is 12.1 Å². The fourth-order valence-corrected chi connectivity index (χ4v) is 3.80. The molecule has 1 aromatic heterocycles. The molecule has 1 unspecified atom stereocenters. The summed E-state index contributed by atoms with van der Waals surface area (Å²) in [6, 6.07) is 8.16. The summed E-state index contributed by atoms with van der Waals surface area (Å²) in [5.74, 6) is -1.71. The highest BCUT2D eigenvalue weighted by Gasteiger charge is 2.28. The predicted octanol–water partition coefficient (Wildman–Crippen LogP) is 4.65. The van der Waals surface area contributed by atoms with E-state index in [1.807, 2.05) is 0 Å². The quantitative estimate of drug-likeness (QED) is 0.656. The topological polar surface area (TPSA) is 34.9 Å². The van der Waals surface area contributed by atoms with Crippen LogP contribution in [0, 0.1) is 30.3 Å². The lowest BCUT2D eigenvalue weighted by molar-refractivity contribution is -0.122. The van der Waals surface area contributed by atoms with Crippen LogP contribution < -0.4 is 0 Å². The van der Waals surface area contributed by atoms with Crippen LogP contribution in [0.5, 0.6) is 0 Å². The van der Waals surface area contributed by atoms with Gasteiger partial charge in [0.1, 0.15) is 23.2 Å². The summed E-state index contributed by atoms with van der Waals surface area (Å²) in [4.78, 5) is 12.8. The maximum Gasteiger partial charge on any atom is 0.140 e. The predicted molar refractivity (Wildman–Crippen MR) is 99.2 cm³/mol. The van der Waals surface area contributed by atoms with Gasteiger partial charge in [-0.05, 0) is 49.1 Å². The van der Waals surface area contributed by atoms with Gasteiger partial charge in [0, 0.05) is 41.8 Å². The van der Waals surface area contributed by atoms with E-state index < -0.39 is 11.6 Å². The molecule has 0 radical (unpaired) electrons. The Bertz CT molecular complexity index is 1060. The number of nitrogens with zero attached hydrogens (tertiary/aromatic N) is 2. The number of halogens is 3. The molecule has 0 amide bonds. The summed E-state index contributed by atoms with van der Waals surface area (Å²) in [5.41, 5.74) is 2.96. The Morgan fingerprint density at radius 2 is 1.93 bits per heavy atom. The molecule has 0 fully saturated rings. The van der Waals surface area contributed by atoms with Crippen molar-refractivity contribution < 1.29 is 18.0 Å². The van der Waals surface area contributed by atoms with E-state index in [1.165, 1.54) is 18.2 Å². The fourth-order valence-electron chi connectivity index (χ4n) is 3.80. The van der Waals surface area contributed by atoms with Crippen LogP contribution in [0.2, 0.25) is 0 Å². The van der Waals surface area contributed by atoms with E-state index in [0.717, 1.165) is 17.3 Å². The first-order chi connectivity index (χ1) is 13.4. The van der Waals surface area contributed by atoms with Crippen molar-refractivity contribution in [3.8, 4) is 11.1 Å². The number of aryl methyl sites for hydroxylation is 2. The van der Waals surface area contributed by atoms with Crippen molar-refractivity contribution in [3.63, 3.8) is 0 Å². The van der Waals surface area contributed by atoms with E-state index in [4.69, 9.17) is 0 Å². The van der Waals surface area contributed by atoms with Crippen LogP contribution >= 0.6 is 0 Å². The van der Waals surface area contributed by atoms with Gasteiger partial charge in [-0.15, -0.1) is 0 Å². The number of Topliss-reactive ketones (excluding diaryl/α,β-unsaturated/α-hetero) is 1. The van der Waals surface area contributed by atoms with Gasteiger partial charge >= 0.3 is 0 Å². The summed E-state index contributed by atoms with van der Waals surface area (Å²) in [5, 5.41) is 4.30. The second kappa shape index (κ2) is 7.26. The second-order valence-electron chi connectivity index (χ2n) is 7.27. The van der Waals surface area contributed by atoms with E-state index in [9.17, 15) is 18.0 Å². The summed E-state index contributed by atoms with van der Waals surface area (Å²) in [7, 11) is 0. The van der Waals surface area contributed by atoms with Crippen molar-refractivity contribution in [1.82, 2.24) is 9.78 Å². The average Bonchev–Trinajstić information content (AvgIpc) is 3.08. The number of carbonyl (C=O) groups excluding carboxylic acids is 1. The zero-order valence-corrected chi connectivity index (χ0v) is 15.4. The van der Waals surface area contributed by atoms with E-state index in [0.29, 0.717) is 30.5 Å². The normalized spacial score (nSPS) is 16.1. The molecule has 0 aliphatic carbocycles. The van der Waals surface area contributed by atoms with Gasteiger partial charge < -0.3 is 0 Å². The van der Waals surface area contributed by atoms with Crippen molar-refractivity contribution in [3.05, 3.63) is 76.9 Å². The average molecular weight is 384 g/mol. The van der Waals surface area contributed by atoms with Crippen LogP contribution in [-0.4, -0.2) is 15.6 Å². The van der Waals surface area contributed by atoms with Crippen LogP contribution in [0.4, 0.5) is 13.2 Å². The Morgan fingerprint density at radius 3 is 2.68 bits per heavy atom. The van der Waals surface area contributed by atoms with Gasteiger partial charge in [0.05, 0.1) is 6.20 Å². The summed E-state index contributed by atoms with van der Waals surface area (Å²) in [6.45, 7) is 2.24. The Hall–Kier alpha value is -2.89. The molecule has 0 N–H and O–H groups in total. The standard InChI is InChI=1S/C22H19F3N2O/c1-13-8-14(2-5-19(13)24)9-22(28)15-6-7-27-21(10-15)18(12-26-27)17-4-3-16(23)11-20(17)25/h2-5,8,11-12,15H,6-7,9-10H2,1H3. The van der Waals surface area contributed by atoms with Gasteiger partial charge in [-0.25, -0.2) is 13.2 Å². The highest BCUT2D eigenvalue weighted by atomic mass is 19.1. The van der Waals surface area contributed by atoms with Gasteiger partial charge in [-0.3, -0.25) is 9.48 Å². The van der Waals surface area contributed by atoms with Crippen LogP contribution in [-0.2, 0) is 24.2 Å². The fraction of sp³-hybridized carbons (Fsp3) is 0.273. The maximum atomic E-state index is 14.2. The number of fused-ring (bicyclic) bond motifs is 1. The molecule has 28 heavy (non-hydrogen) atoms. The smallest absolute Gasteiger partial charge is 0.140 e. The molecule has 1 atom stereocenters. The van der Waals surface area contributed by atoms with Gasteiger partial charge in [0.25, 0.3) is 0 Å². The minimum atomic E-state index is -0.647. The Balaban J connectivity index is 1.56. The van der Waals surface area contributed by atoms with E-state index in [-0.39, 0.29) is 29.5 Å². The molecule has 3 nitrogen and oxygen atoms in total. The van der Waals surface area contributed by atoms with Crippen LogP contribution in [0.25, 0.3) is 11.1 Å². The number of carbonyl (C=O) groups is 1. The van der Waals surface area contributed by atoms with Crippen LogP contribution in [0.1, 0.15) is 23.2 Å². The molecule has 0 bridgehead atoms. The molecular weight excluding hydrogens is 365 g/mol. The van der Waals surface area contributed by atoms with E-state index in [2.05, 4.69) is 5.10 Å². The molecule has 4 rings (SSSR count). The lowest BCUT2D eigenvalue weighted by Gasteiger charge is -2.23. The monoisotopic (exact) mass is 384 g/mol. The SMILES string of the molecule is Cc1cc(CC(=O)C2CCn3ncc(-c4ccc(F)cc4F)c3C2)ccc1F. The molecular formula is C22H19F3N2O. The van der Waals surface area contributed by atoms with E-state index in [1.54, 1.807) is 29.9 Å². The number of hydrogen-bond acceptors (Lipinski definition) is 2. The molecule has 6 heteroatoms. The number of benzene rings is 2. The molecule has 0 saturated heterocycles. The molecule has 0 saturated carbocycles. The maximum absolute atomic E-state index is 14.2. The first kappa shape index (κ1) is 18.5. The number of aromatic nitrogens is 2. The third-order valence-corrected chi connectivity index (χ3v) is 5.36. The molecule has 144 valence electrons. The largest absolute Gasteiger partial charge is 0.299 e. The van der Waals surface area contributed by atoms with Gasteiger partial charge in [-0.2, -0.15) is 5.10 Å². The first-order valence-electron chi connectivity index (χ1n) is 9.20. The van der Waals surface area contributed by atoms with Crippen molar-refractivity contribution in [2.75, 3.05) is 0 Å².